The Labute approximate surface area is 283 Å². The SMILES string of the molecule is C[C@@H](NC(=O)OC(C)(C)C)c1cccc(OCCCCCOCCCOCCNc2cccc3c2CN(C2CCC(=O)NC2=O)C3=O)c1. The van der Waals surface area contributed by atoms with Crippen LogP contribution in [0, 0.1) is 0 Å². The van der Waals surface area contributed by atoms with Gasteiger partial charge in [0.05, 0.1) is 19.3 Å². The number of hydrogen-bond acceptors (Lipinski definition) is 9. The van der Waals surface area contributed by atoms with Gasteiger partial charge in [-0.25, -0.2) is 4.79 Å². The van der Waals surface area contributed by atoms with Gasteiger partial charge in [0.15, 0.2) is 0 Å². The number of benzene rings is 2. The summed E-state index contributed by atoms with van der Waals surface area (Å²) in [5, 5.41) is 8.55. The van der Waals surface area contributed by atoms with E-state index in [9.17, 15) is 19.2 Å². The van der Waals surface area contributed by atoms with Gasteiger partial charge in [-0.1, -0.05) is 18.2 Å². The minimum absolute atomic E-state index is 0.184. The molecule has 4 rings (SSSR count). The Kier molecular flexibility index (Phi) is 13.6. The third kappa shape index (κ3) is 11.2. The van der Waals surface area contributed by atoms with Crippen LogP contribution in [0.4, 0.5) is 10.5 Å². The molecule has 2 heterocycles. The quantitative estimate of drug-likeness (QED) is 0.146. The summed E-state index contributed by atoms with van der Waals surface area (Å²) >= 11 is 0. The minimum atomic E-state index is -0.628. The van der Waals surface area contributed by atoms with Crippen molar-refractivity contribution in [1.29, 1.82) is 0 Å². The van der Waals surface area contributed by atoms with Crippen molar-refractivity contribution in [3.63, 3.8) is 0 Å². The van der Waals surface area contributed by atoms with Gasteiger partial charge >= 0.3 is 6.09 Å². The van der Waals surface area contributed by atoms with Crippen LogP contribution in [0.5, 0.6) is 5.75 Å². The summed E-state index contributed by atoms with van der Waals surface area (Å²) in [7, 11) is 0. The molecule has 262 valence electrons. The van der Waals surface area contributed by atoms with Crippen LogP contribution in [0.3, 0.4) is 0 Å². The average molecular weight is 667 g/mol. The first kappa shape index (κ1) is 36.7. The van der Waals surface area contributed by atoms with Crippen molar-refractivity contribution in [1.82, 2.24) is 15.5 Å². The molecule has 3 N–H and O–H groups in total. The maximum absolute atomic E-state index is 13.0. The maximum atomic E-state index is 13.0. The Morgan fingerprint density at radius 1 is 0.958 bits per heavy atom. The molecule has 0 bridgehead atoms. The number of amides is 4. The highest BCUT2D eigenvalue weighted by Crippen LogP contribution is 2.32. The van der Waals surface area contributed by atoms with E-state index in [0.717, 1.165) is 48.2 Å². The van der Waals surface area contributed by atoms with Crippen LogP contribution in [0.25, 0.3) is 0 Å². The zero-order chi connectivity index (χ0) is 34.5. The first-order valence-corrected chi connectivity index (χ1v) is 16.9. The number of fused-ring (bicyclic) bond motifs is 1. The Morgan fingerprint density at radius 2 is 1.69 bits per heavy atom. The molecule has 0 aliphatic carbocycles. The number of nitrogens with one attached hydrogen (secondary N) is 3. The first-order valence-electron chi connectivity index (χ1n) is 16.9. The largest absolute Gasteiger partial charge is 0.494 e. The second-order valence-corrected chi connectivity index (χ2v) is 13.1. The van der Waals surface area contributed by atoms with E-state index in [0.29, 0.717) is 58.1 Å². The molecule has 1 unspecified atom stereocenters. The fourth-order valence-electron chi connectivity index (χ4n) is 5.59. The summed E-state index contributed by atoms with van der Waals surface area (Å²) in [6.07, 6.45) is 3.80. The van der Waals surface area contributed by atoms with Crippen LogP contribution in [0.15, 0.2) is 42.5 Å². The summed E-state index contributed by atoms with van der Waals surface area (Å²) in [4.78, 5) is 50.4. The van der Waals surface area contributed by atoms with Crippen LogP contribution in [0.2, 0.25) is 0 Å². The van der Waals surface area contributed by atoms with Crippen LogP contribution < -0.4 is 20.7 Å². The monoisotopic (exact) mass is 666 g/mol. The number of piperidine rings is 1. The second-order valence-electron chi connectivity index (χ2n) is 13.1. The lowest BCUT2D eigenvalue weighted by atomic mass is 10.0. The van der Waals surface area contributed by atoms with Gasteiger partial charge in [-0.15, -0.1) is 0 Å². The van der Waals surface area contributed by atoms with Gasteiger partial charge in [0, 0.05) is 56.1 Å². The highest BCUT2D eigenvalue weighted by Gasteiger charge is 2.39. The van der Waals surface area contributed by atoms with Crippen molar-refractivity contribution in [2.24, 2.45) is 0 Å². The van der Waals surface area contributed by atoms with Gasteiger partial charge in [0.25, 0.3) is 5.91 Å². The summed E-state index contributed by atoms with van der Waals surface area (Å²) in [5.41, 5.74) is 2.70. The molecule has 0 spiro atoms. The van der Waals surface area contributed by atoms with Crippen molar-refractivity contribution in [3.8, 4) is 5.75 Å². The lowest BCUT2D eigenvalue weighted by molar-refractivity contribution is -0.136. The molecule has 1 fully saturated rings. The smallest absolute Gasteiger partial charge is 0.408 e. The number of nitrogens with zero attached hydrogens (tertiary/aromatic N) is 1. The molecule has 4 amide bonds. The lowest BCUT2D eigenvalue weighted by Crippen LogP contribution is -2.52. The molecular formula is C36H50N4O8. The lowest BCUT2D eigenvalue weighted by Gasteiger charge is -2.29. The van der Waals surface area contributed by atoms with Crippen molar-refractivity contribution in [2.45, 2.75) is 90.4 Å². The number of imide groups is 1. The van der Waals surface area contributed by atoms with E-state index in [2.05, 4.69) is 16.0 Å². The van der Waals surface area contributed by atoms with E-state index in [1.54, 1.807) is 11.0 Å². The predicted molar refractivity (Wildman–Crippen MR) is 181 cm³/mol. The zero-order valence-corrected chi connectivity index (χ0v) is 28.6. The normalized spacial score (nSPS) is 16.7. The first-order chi connectivity index (χ1) is 23.0. The number of ether oxygens (including phenoxy) is 4. The molecule has 2 aromatic carbocycles. The van der Waals surface area contributed by atoms with Crippen LogP contribution in [0.1, 0.15) is 93.7 Å². The molecular weight excluding hydrogens is 616 g/mol. The minimum Gasteiger partial charge on any atom is -0.494 e. The van der Waals surface area contributed by atoms with Gasteiger partial charge in [0.2, 0.25) is 11.8 Å². The predicted octanol–water partition coefficient (Wildman–Crippen LogP) is 5.12. The standard InChI is InChI=1S/C36H50N4O8/c1-25(38-35(44)48-36(2,3)4)26-11-8-12-27(23-26)47-21-7-5-6-18-45-19-10-20-46-22-17-37-30-14-9-13-28-29(30)24-40(34(28)43)31-15-16-32(41)39-33(31)42/h8-9,11-14,23,25,31,37H,5-7,10,15-22,24H2,1-4H3,(H,38,44)(H,39,41,42)/t25-,31?/m1/s1. The van der Waals surface area contributed by atoms with E-state index in [1.807, 2.05) is 64.1 Å². The Morgan fingerprint density at radius 3 is 2.46 bits per heavy atom. The molecule has 48 heavy (non-hydrogen) atoms. The molecule has 2 aliphatic heterocycles. The van der Waals surface area contributed by atoms with Gasteiger partial charge in [-0.3, -0.25) is 19.7 Å². The van der Waals surface area contributed by atoms with Gasteiger partial charge in [-0.2, -0.15) is 0 Å². The summed E-state index contributed by atoms with van der Waals surface area (Å²) in [6, 6.07) is 12.4. The fourth-order valence-corrected chi connectivity index (χ4v) is 5.59. The summed E-state index contributed by atoms with van der Waals surface area (Å²) in [5.74, 6) is -0.118. The molecule has 2 aromatic rings. The zero-order valence-electron chi connectivity index (χ0n) is 28.6. The van der Waals surface area contributed by atoms with E-state index in [-0.39, 0.29) is 24.3 Å². The maximum Gasteiger partial charge on any atom is 0.408 e. The number of rotatable bonds is 18. The van der Waals surface area contributed by atoms with E-state index < -0.39 is 23.6 Å². The fraction of sp³-hybridized carbons (Fsp3) is 0.556. The topological polar surface area (TPSA) is 145 Å². The van der Waals surface area contributed by atoms with E-state index >= 15 is 0 Å². The van der Waals surface area contributed by atoms with Crippen molar-refractivity contribution < 1.29 is 38.1 Å². The van der Waals surface area contributed by atoms with Crippen LogP contribution in [-0.2, 0) is 30.3 Å². The second kappa shape index (κ2) is 17.8. The molecule has 2 aliphatic rings. The number of hydrogen-bond donors (Lipinski definition) is 3. The molecule has 1 saturated heterocycles. The summed E-state index contributed by atoms with van der Waals surface area (Å²) < 4.78 is 22.8. The van der Waals surface area contributed by atoms with Crippen molar-refractivity contribution >= 4 is 29.5 Å². The number of carbonyl (C=O) groups excluding carboxylic acids is 4. The Bertz CT molecular complexity index is 1410. The molecule has 0 saturated carbocycles. The van der Waals surface area contributed by atoms with Crippen LogP contribution >= 0.6 is 0 Å². The third-order valence-corrected chi connectivity index (χ3v) is 8.01. The van der Waals surface area contributed by atoms with Gasteiger partial charge in [-0.05, 0) is 89.6 Å². The third-order valence-electron chi connectivity index (χ3n) is 8.01. The Balaban J connectivity index is 1.00. The average Bonchev–Trinajstić information content (AvgIpc) is 3.36. The number of unbranched alkanes of at least 4 members (excludes halogenated alkanes) is 2. The van der Waals surface area contributed by atoms with E-state index in [4.69, 9.17) is 18.9 Å². The van der Waals surface area contributed by atoms with E-state index in [1.165, 1.54) is 0 Å². The van der Waals surface area contributed by atoms with Gasteiger partial charge < -0.3 is 34.5 Å². The molecule has 2 atom stereocenters. The van der Waals surface area contributed by atoms with Crippen molar-refractivity contribution in [2.75, 3.05) is 44.9 Å². The molecule has 0 radical (unpaired) electrons. The molecule has 12 nitrogen and oxygen atoms in total. The highest BCUT2D eigenvalue weighted by molar-refractivity contribution is 6.06. The van der Waals surface area contributed by atoms with Crippen molar-refractivity contribution in [3.05, 3.63) is 59.2 Å². The summed E-state index contributed by atoms with van der Waals surface area (Å²) in [6.45, 7) is 11.4. The van der Waals surface area contributed by atoms with Crippen LogP contribution in [-0.4, -0.2) is 79.9 Å². The molecule has 0 aromatic heterocycles. The highest BCUT2D eigenvalue weighted by atomic mass is 16.6. The number of anilines is 1. The van der Waals surface area contributed by atoms with Gasteiger partial charge in [0.1, 0.15) is 17.4 Å². The molecule has 12 heteroatoms. The number of carbonyl (C=O) groups is 4. The number of alkyl carbamates (subject to hydrolysis) is 1. The Hall–Kier alpha value is -4.16.